The zero-order valence-electron chi connectivity index (χ0n) is 16.5. The van der Waals surface area contributed by atoms with E-state index in [4.69, 9.17) is 4.99 Å². The molecule has 0 spiro atoms. The van der Waals surface area contributed by atoms with E-state index in [1.54, 1.807) is 0 Å². The van der Waals surface area contributed by atoms with Crippen LogP contribution < -0.4 is 16.0 Å². The van der Waals surface area contributed by atoms with Gasteiger partial charge in [0.1, 0.15) is 0 Å². The van der Waals surface area contributed by atoms with Gasteiger partial charge in [-0.3, -0.25) is 9.79 Å². The summed E-state index contributed by atoms with van der Waals surface area (Å²) in [6.07, 6.45) is 11.8. The molecule has 3 aliphatic carbocycles. The fraction of sp³-hybridized carbons (Fsp3) is 0.900. The molecule has 0 aromatic rings. The second kappa shape index (κ2) is 10.1. The van der Waals surface area contributed by atoms with Crippen LogP contribution in [-0.2, 0) is 4.79 Å². The predicted octanol–water partition coefficient (Wildman–Crippen LogP) is 3.58. The van der Waals surface area contributed by atoms with Gasteiger partial charge >= 0.3 is 0 Å². The molecule has 3 N–H and O–H groups in total. The molecule has 3 saturated carbocycles. The van der Waals surface area contributed by atoms with E-state index in [1.165, 1.54) is 25.7 Å². The zero-order valence-corrected chi connectivity index (χ0v) is 18.8. The highest BCUT2D eigenvalue weighted by Crippen LogP contribution is 2.37. The van der Waals surface area contributed by atoms with E-state index >= 15 is 0 Å². The Morgan fingerprint density at radius 1 is 1.04 bits per heavy atom. The molecule has 1 amide bonds. The molecule has 5 nitrogen and oxygen atoms in total. The number of hydrogen-bond donors (Lipinski definition) is 3. The number of carbonyl (C=O) groups excluding carboxylic acids is 1. The lowest BCUT2D eigenvalue weighted by molar-refractivity contribution is -0.126. The minimum absolute atomic E-state index is 0. The van der Waals surface area contributed by atoms with Crippen molar-refractivity contribution in [1.82, 2.24) is 16.0 Å². The van der Waals surface area contributed by atoms with Crippen LogP contribution in [0.25, 0.3) is 0 Å². The number of rotatable bonds is 6. The second-order valence-corrected chi connectivity index (χ2v) is 8.70. The lowest BCUT2D eigenvalue weighted by Crippen LogP contribution is -2.47. The van der Waals surface area contributed by atoms with E-state index in [2.05, 4.69) is 29.8 Å². The van der Waals surface area contributed by atoms with Gasteiger partial charge in [-0.2, -0.15) is 0 Å². The Bertz CT molecular complexity index is 486. The Morgan fingerprint density at radius 3 is 2.42 bits per heavy atom. The molecule has 3 rings (SSSR count). The Morgan fingerprint density at radius 2 is 1.77 bits per heavy atom. The van der Waals surface area contributed by atoms with Crippen molar-refractivity contribution >= 4 is 35.8 Å². The van der Waals surface area contributed by atoms with Gasteiger partial charge in [-0.15, -0.1) is 24.0 Å². The molecule has 0 aliphatic heterocycles. The smallest absolute Gasteiger partial charge is 0.223 e. The number of aliphatic imine (C=N–C) groups is 1. The number of guanidine groups is 1. The number of nitrogens with one attached hydrogen (secondary N) is 3. The third kappa shape index (κ3) is 6.57. The Hall–Kier alpha value is -0.530. The van der Waals surface area contributed by atoms with Crippen LogP contribution in [0.2, 0.25) is 0 Å². The zero-order chi connectivity index (χ0) is 17.7. The maximum atomic E-state index is 12.4. The van der Waals surface area contributed by atoms with Crippen molar-refractivity contribution in [2.24, 2.45) is 16.3 Å². The maximum absolute atomic E-state index is 12.4. The van der Waals surface area contributed by atoms with Gasteiger partial charge in [0.25, 0.3) is 0 Å². The van der Waals surface area contributed by atoms with E-state index in [0.29, 0.717) is 17.5 Å². The fourth-order valence-electron chi connectivity index (χ4n) is 4.28. The second-order valence-electron chi connectivity index (χ2n) is 8.70. The maximum Gasteiger partial charge on any atom is 0.223 e. The molecule has 0 bridgehead atoms. The first-order chi connectivity index (χ1) is 12.1. The Balaban J connectivity index is 0.00000243. The van der Waals surface area contributed by atoms with Gasteiger partial charge in [-0.1, -0.05) is 26.2 Å². The molecule has 0 radical (unpaired) electrons. The van der Waals surface area contributed by atoms with Gasteiger partial charge in [0.2, 0.25) is 5.91 Å². The van der Waals surface area contributed by atoms with Gasteiger partial charge in [0.15, 0.2) is 5.96 Å². The number of hydrogen-bond acceptors (Lipinski definition) is 2. The number of halogens is 1. The molecular formula is C20H37IN4O. The fourth-order valence-corrected chi connectivity index (χ4v) is 4.28. The topological polar surface area (TPSA) is 65.5 Å². The molecule has 2 unspecified atom stereocenters. The summed E-state index contributed by atoms with van der Waals surface area (Å²) in [7, 11) is 0. The monoisotopic (exact) mass is 476 g/mol. The van der Waals surface area contributed by atoms with E-state index in [9.17, 15) is 4.79 Å². The van der Waals surface area contributed by atoms with Crippen LogP contribution in [0.15, 0.2) is 4.99 Å². The number of nitrogens with zero attached hydrogens (tertiary/aromatic N) is 1. The molecule has 3 fully saturated rings. The van der Waals surface area contributed by atoms with Gasteiger partial charge in [-0.25, -0.2) is 0 Å². The van der Waals surface area contributed by atoms with Gasteiger partial charge in [0.05, 0.1) is 0 Å². The molecule has 26 heavy (non-hydrogen) atoms. The van der Waals surface area contributed by atoms with Crippen molar-refractivity contribution in [3.8, 4) is 0 Å². The van der Waals surface area contributed by atoms with Crippen LogP contribution in [-0.4, -0.2) is 37.0 Å². The minimum Gasteiger partial charge on any atom is -0.357 e. The van der Waals surface area contributed by atoms with Crippen LogP contribution in [0.4, 0.5) is 0 Å². The first kappa shape index (κ1) is 21.8. The summed E-state index contributed by atoms with van der Waals surface area (Å²) in [6.45, 7) is 6.26. The van der Waals surface area contributed by atoms with Crippen LogP contribution in [0.5, 0.6) is 0 Å². The van der Waals surface area contributed by atoms with Gasteiger partial charge < -0.3 is 16.0 Å². The molecule has 3 aliphatic rings. The molecule has 6 heteroatoms. The molecule has 0 saturated heterocycles. The highest BCUT2D eigenvalue weighted by molar-refractivity contribution is 14.0. The van der Waals surface area contributed by atoms with Crippen molar-refractivity contribution in [3.05, 3.63) is 0 Å². The molecule has 0 aromatic heterocycles. The van der Waals surface area contributed by atoms with E-state index < -0.39 is 0 Å². The lowest BCUT2D eigenvalue weighted by Gasteiger charge is -2.30. The molecule has 2 atom stereocenters. The van der Waals surface area contributed by atoms with E-state index in [0.717, 1.165) is 57.6 Å². The van der Waals surface area contributed by atoms with Crippen molar-refractivity contribution < 1.29 is 4.79 Å². The van der Waals surface area contributed by atoms with Crippen molar-refractivity contribution in [2.45, 2.75) is 90.1 Å². The number of amides is 1. The summed E-state index contributed by atoms with van der Waals surface area (Å²) in [6, 6.07) is 0.824. The van der Waals surface area contributed by atoms with Crippen molar-refractivity contribution in [3.63, 3.8) is 0 Å². The van der Waals surface area contributed by atoms with Gasteiger partial charge in [-0.05, 0) is 57.3 Å². The predicted molar refractivity (Wildman–Crippen MR) is 118 cm³/mol. The summed E-state index contributed by atoms with van der Waals surface area (Å²) < 4.78 is 0. The average molecular weight is 476 g/mol. The van der Waals surface area contributed by atoms with Crippen LogP contribution in [0, 0.1) is 11.3 Å². The first-order valence-corrected chi connectivity index (χ1v) is 10.4. The Kier molecular flexibility index (Phi) is 8.48. The van der Waals surface area contributed by atoms with Crippen molar-refractivity contribution in [2.75, 3.05) is 13.1 Å². The SMILES string of the molecule is CCNC(=NCC1(C)CCCC1)NC1CCCC(C(=O)NC2CC2)C1.I. The summed E-state index contributed by atoms with van der Waals surface area (Å²) in [5.41, 5.74) is 0.377. The summed E-state index contributed by atoms with van der Waals surface area (Å²) in [4.78, 5) is 17.2. The van der Waals surface area contributed by atoms with Crippen LogP contribution in [0.1, 0.15) is 78.1 Å². The van der Waals surface area contributed by atoms with Gasteiger partial charge in [0, 0.05) is 31.1 Å². The van der Waals surface area contributed by atoms with Crippen LogP contribution in [0.3, 0.4) is 0 Å². The summed E-state index contributed by atoms with van der Waals surface area (Å²) >= 11 is 0. The molecule has 0 aromatic carbocycles. The highest BCUT2D eigenvalue weighted by atomic mass is 127. The summed E-state index contributed by atoms with van der Waals surface area (Å²) in [5.74, 6) is 1.38. The largest absolute Gasteiger partial charge is 0.357 e. The first-order valence-electron chi connectivity index (χ1n) is 10.4. The molecule has 0 heterocycles. The van der Waals surface area contributed by atoms with Crippen LogP contribution >= 0.6 is 24.0 Å². The molecular weight excluding hydrogens is 439 g/mol. The van der Waals surface area contributed by atoms with E-state index in [-0.39, 0.29) is 35.8 Å². The highest BCUT2D eigenvalue weighted by Gasteiger charge is 2.32. The third-order valence-corrected chi connectivity index (χ3v) is 6.08. The third-order valence-electron chi connectivity index (χ3n) is 6.08. The lowest BCUT2D eigenvalue weighted by atomic mass is 9.85. The van der Waals surface area contributed by atoms with Crippen molar-refractivity contribution in [1.29, 1.82) is 0 Å². The van der Waals surface area contributed by atoms with E-state index in [1.807, 2.05) is 0 Å². The standard InChI is InChI=1S/C20H36N4O.HI/c1-3-21-19(22-14-20(2)11-4-5-12-20)24-17-8-6-7-15(13-17)18(25)23-16-9-10-16;/h15-17H,3-14H2,1-2H3,(H,23,25)(H2,21,22,24);1H. The quantitative estimate of drug-likeness (QED) is 0.312. The molecule has 150 valence electrons. The summed E-state index contributed by atoms with van der Waals surface area (Å²) in [5, 5.41) is 10.2. The Labute approximate surface area is 176 Å². The normalized spacial score (nSPS) is 28.2. The minimum atomic E-state index is 0. The number of carbonyl (C=O) groups is 1. The average Bonchev–Trinajstić information content (AvgIpc) is 3.31.